The Bertz CT molecular complexity index is 745. The number of rotatable bonds is 3. The van der Waals surface area contributed by atoms with Crippen LogP contribution >= 0.6 is 0 Å². The predicted octanol–water partition coefficient (Wildman–Crippen LogP) is -0.0941. The first-order valence-corrected chi connectivity index (χ1v) is 9.19. The van der Waals surface area contributed by atoms with E-state index in [1.54, 1.807) is 6.92 Å². The van der Waals surface area contributed by atoms with Gasteiger partial charge in [-0.2, -0.15) is 25.6 Å². The first-order chi connectivity index (χ1) is 9.80. The second-order valence-electron chi connectivity index (χ2n) is 6.14. The number of alkyl halides is 2. The summed E-state index contributed by atoms with van der Waals surface area (Å²) in [6.45, 7) is 1.56. The van der Waals surface area contributed by atoms with E-state index in [2.05, 4.69) is 4.74 Å². The highest BCUT2D eigenvalue weighted by atomic mass is 32.2. The zero-order chi connectivity index (χ0) is 16.7. The monoisotopic (exact) mass is 362 g/mol. The molecule has 22 heavy (non-hydrogen) atoms. The summed E-state index contributed by atoms with van der Waals surface area (Å²) >= 11 is 0. The number of halogens is 2. The van der Waals surface area contributed by atoms with Crippen molar-refractivity contribution in [1.29, 1.82) is 0 Å². The quantitative estimate of drug-likeness (QED) is 0.419. The minimum absolute atomic E-state index is 0.0753. The van der Waals surface area contributed by atoms with Crippen LogP contribution in [0.2, 0.25) is 0 Å². The summed E-state index contributed by atoms with van der Waals surface area (Å²) in [5.74, 6) is -2.93. The highest BCUT2D eigenvalue weighted by Crippen LogP contribution is 2.62. The van der Waals surface area contributed by atoms with Crippen LogP contribution in [-0.2, 0) is 34.0 Å². The Balaban J connectivity index is 1.88. The molecule has 0 aromatic heterocycles. The van der Waals surface area contributed by atoms with Gasteiger partial charge < -0.3 is 4.74 Å². The van der Waals surface area contributed by atoms with Crippen LogP contribution in [0.5, 0.6) is 0 Å². The van der Waals surface area contributed by atoms with Crippen molar-refractivity contribution in [1.82, 2.24) is 0 Å². The maximum Gasteiger partial charge on any atom is 0.465 e. The molecule has 1 aliphatic heterocycles. The van der Waals surface area contributed by atoms with Gasteiger partial charge in [0.25, 0.3) is 10.1 Å². The molecule has 2 bridgehead atoms. The third-order valence-electron chi connectivity index (χ3n) is 4.67. The number of carbonyl (C=O) groups excluding carboxylic acids is 1. The molecule has 3 aliphatic rings. The maximum absolute atomic E-state index is 13.3. The van der Waals surface area contributed by atoms with Crippen molar-refractivity contribution in [2.45, 2.75) is 42.5 Å². The smallest absolute Gasteiger partial charge is 0.454 e. The van der Waals surface area contributed by atoms with Gasteiger partial charge in [-0.15, -0.1) is 0 Å². The third-order valence-corrected chi connectivity index (χ3v) is 7.23. The number of esters is 1. The number of hydrogen-bond acceptors (Lipinski definition) is 7. The Morgan fingerprint density at radius 3 is 2.55 bits per heavy atom. The van der Waals surface area contributed by atoms with Crippen LogP contribution in [0.1, 0.15) is 19.8 Å². The van der Waals surface area contributed by atoms with Crippen LogP contribution < -0.4 is 0 Å². The highest BCUT2D eigenvalue weighted by molar-refractivity contribution is 7.88. The van der Waals surface area contributed by atoms with E-state index in [0.717, 1.165) is 0 Å². The standard InChI is InChI=1S/C10H12F2O8S2/c1-9-2-4-5(3-9)21(14,15)20-6(4)7(9)19-8(13)10(11,12)22(16,17)18/h4-7H,2-3H2,1H3,(H,16,17,18). The molecule has 1 heterocycles. The van der Waals surface area contributed by atoms with Gasteiger partial charge in [-0.25, -0.2) is 4.79 Å². The highest BCUT2D eigenvalue weighted by Gasteiger charge is 2.71. The number of fused-ring (bicyclic) bond motifs is 1. The minimum Gasteiger partial charge on any atom is -0.454 e. The van der Waals surface area contributed by atoms with Crippen molar-refractivity contribution in [2.24, 2.45) is 11.3 Å². The summed E-state index contributed by atoms with van der Waals surface area (Å²) in [6, 6.07) is 0. The molecule has 12 heteroatoms. The summed E-state index contributed by atoms with van der Waals surface area (Å²) in [5.41, 5.74) is -0.894. The second kappa shape index (κ2) is 4.16. The van der Waals surface area contributed by atoms with Gasteiger partial charge in [-0.3, -0.25) is 8.74 Å². The Labute approximate surface area is 124 Å². The van der Waals surface area contributed by atoms with Crippen LogP contribution in [0, 0.1) is 11.3 Å². The SMILES string of the molecule is CC12CC3C(OS(=O)(=O)C3C1)C2OC(=O)C(F)(F)S(=O)(=O)O. The van der Waals surface area contributed by atoms with Gasteiger partial charge in [0, 0.05) is 11.3 Å². The van der Waals surface area contributed by atoms with E-state index in [1.165, 1.54) is 0 Å². The van der Waals surface area contributed by atoms with E-state index < -0.39 is 60.3 Å². The molecule has 0 aromatic rings. The molecule has 126 valence electrons. The Kier molecular flexibility index (Phi) is 3.03. The van der Waals surface area contributed by atoms with Crippen LogP contribution in [0.4, 0.5) is 8.78 Å². The van der Waals surface area contributed by atoms with Gasteiger partial charge in [0.05, 0.1) is 5.25 Å². The first kappa shape index (κ1) is 16.0. The molecule has 0 radical (unpaired) electrons. The van der Waals surface area contributed by atoms with Crippen molar-refractivity contribution in [3.8, 4) is 0 Å². The molecule has 0 amide bonds. The van der Waals surface area contributed by atoms with Gasteiger partial charge in [0.1, 0.15) is 12.2 Å². The summed E-state index contributed by atoms with van der Waals surface area (Å²) in [5, 5.41) is -5.89. The van der Waals surface area contributed by atoms with Crippen molar-refractivity contribution >= 4 is 26.2 Å². The molecule has 2 saturated carbocycles. The van der Waals surface area contributed by atoms with Gasteiger partial charge in [-0.05, 0) is 12.8 Å². The van der Waals surface area contributed by atoms with Gasteiger partial charge in [0.15, 0.2) is 0 Å². The zero-order valence-electron chi connectivity index (χ0n) is 11.1. The molecule has 0 spiro atoms. The maximum atomic E-state index is 13.3. The third kappa shape index (κ3) is 1.93. The predicted molar refractivity (Wildman–Crippen MR) is 64.8 cm³/mol. The molecule has 1 N–H and O–H groups in total. The summed E-state index contributed by atoms with van der Waals surface area (Å²) in [4.78, 5) is 11.4. The van der Waals surface area contributed by atoms with Crippen molar-refractivity contribution in [3.05, 3.63) is 0 Å². The lowest BCUT2D eigenvalue weighted by molar-refractivity contribution is -0.177. The van der Waals surface area contributed by atoms with E-state index in [1.807, 2.05) is 0 Å². The number of hydrogen-bond donors (Lipinski definition) is 1. The topological polar surface area (TPSA) is 124 Å². The molecule has 2 aliphatic carbocycles. The van der Waals surface area contributed by atoms with Gasteiger partial charge >= 0.3 is 21.3 Å². The minimum atomic E-state index is -5.98. The average molecular weight is 362 g/mol. The normalized spacial score (nSPS) is 42.5. The van der Waals surface area contributed by atoms with Crippen LogP contribution in [0.15, 0.2) is 0 Å². The lowest BCUT2D eigenvalue weighted by Crippen LogP contribution is -2.47. The molecule has 3 fully saturated rings. The summed E-state index contributed by atoms with van der Waals surface area (Å²) in [6.07, 6.45) is -2.04. The first-order valence-electron chi connectivity index (χ1n) is 6.28. The molecular weight excluding hydrogens is 350 g/mol. The molecule has 8 nitrogen and oxygen atoms in total. The van der Waals surface area contributed by atoms with Crippen LogP contribution in [-0.4, -0.2) is 50.1 Å². The second-order valence-corrected chi connectivity index (χ2v) is 9.38. The van der Waals surface area contributed by atoms with E-state index in [0.29, 0.717) is 6.42 Å². The molecule has 1 saturated heterocycles. The fourth-order valence-corrected chi connectivity index (χ4v) is 5.93. The molecule has 3 rings (SSSR count). The summed E-state index contributed by atoms with van der Waals surface area (Å²) in [7, 11) is -9.83. The van der Waals surface area contributed by atoms with E-state index in [9.17, 15) is 30.4 Å². The van der Waals surface area contributed by atoms with Crippen molar-refractivity contribution in [2.75, 3.05) is 0 Å². The van der Waals surface area contributed by atoms with Gasteiger partial charge in [-0.1, -0.05) is 6.92 Å². The number of ether oxygens (including phenoxy) is 1. The Morgan fingerprint density at radius 2 is 2.00 bits per heavy atom. The zero-order valence-corrected chi connectivity index (χ0v) is 12.7. The fourth-order valence-electron chi connectivity index (χ4n) is 3.71. The molecular formula is C10H12F2O8S2. The van der Waals surface area contributed by atoms with Gasteiger partial charge in [0.2, 0.25) is 0 Å². The summed E-state index contributed by atoms with van der Waals surface area (Å²) < 4.78 is 88.9. The van der Waals surface area contributed by atoms with Crippen LogP contribution in [0.3, 0.4) is 0 Å². The lowest BCUT2D eigenvalue weighted by Gasteiger charge is -2.32. The Hall–Kier alpha value is -0.850. The molecule has 5 unspecified atom stereocenters. The number of carbonyl (C=O) groups is 1. The average Bonchev–Trinajstić information content (AvgIpc) is 2.86. The van der Waals surface area contributed by atoms with E-state index >= 15 is 0 Å². The van der Waals surface area contributed by atoms with Crippen molar-refractivity contribution < 1.29 is 43.9 Å². The lowest BCUT2D eigenvalue weighted by atomic mass is 9.82. The molecule has 0 aromatic carbocycles. The Morgan fingerprint density at radius 1 is 1.41 bits per heavy atom. The van der Waals surface area contributed by atoms with E-state index in [-0.39, 0.29) is 6.42 Å². The largest absolute Gasteiger partial charge is 0.465 e. The van der Waals surface area contributed by atoms with Crippen LogP contribution in [0.25, 0.3) is 0 Å². The molecule has 5 atom stereocenters. The van der Waals surface area contributed by atoms with Crippen molar-refractivity contribution in [3.63, 3.8) is 0 Å². The van der Waals surface area contributed by atoms with E-state index in [4.69, 9.17) is 8.74 Å². The fraction of sp³-hybridized carbons (Fsp3) is 0.900.